The topological polar surface area (TPSA) is 29.5 Å². The van der Waals surface area contributed by atoms with E-state index < -0.39 is 0 Å². The maximum absolute atomic E-state index is 11.6. The van der Waals surface area contributed by atoms with E-state index in [4.69, 9.17) is 4.84 Å². The van der Waals surface area contributed by atoms with Gasteiger partial charge in [0.05, 0.1) is 12.5 Å². The Labute approximate surface area is 96.0 Å². The lowest BCUT2D eigenvalue weighted by Crippen LogP contribution is -2.51. The third-order valence-corrected chi connectivity index (χ3v) is 2.85. The first-order valence-corrected chi connectivity index (χ1v) is 5.79. The zero-order valence-corrected chi connectivity index (χ0v) is 9.56. The van der Waals surface area contributed by atoms with Crippen LogP contribution in [-0.4, -0.2) is 17.5 Å². The van der Waals surface area contributed by atoms with E-state index >= 15 is 0 Å². The van der Waals surface area contributed by atoms with Gasteiger partial charge < -0.3 is 0 Å². The second-order valence-corrected chi connectivity index (χ2v) is 4.14. The smallest absolute Gasteiger partial charge is 0.251 e. The quantitative estimate of drug-likeness (QED) is 0.711. The summed E-state index contributed by atoms with van der Waals surface area (Å²) < 4.78 is 0. The van der Waals surface area contributed by atoms with Gasteiger partial charge in [-0.15, -0.1) is 0 Å². The van der Waals surface area contributed by atoms with Crippen molar-refractivity contribution >= 4 is 5.91 Å². The zero-order valence-electron chi connectivity index (χ0n) is 9.56. The van der Waals surface area contributed by atoms with E-state index in [9.17, 15) is 4.79 Å². The van der Waals surface area contributed by atoms with Crippen LogP contribution in [0, 0.1) is 5.92 Å². The van der Waals surface area contributed by atoms with Gasteiger partial charge in [0.15, 0.2) is 0 Å². The van der Waals surface area contributed by atoms with Gasteiger partial charge in [-0.1, -0.05) is 43.7 Å². The van der Waals surface area contributed by atoms with Crippen LogP contribution in [0.5, 0.6) is 0 Å². The molecule has 0 aliphatic carbocycles. The average Bonchev–Trinajstić information content (AvgIpc) is 2.33. The Morgan fingerprint density at radius 1 is 1.38 bits per heavy atom. The lowest BCUT2D eigenvalue weighted by atomic mass is 9.96. The summed E-state index contributed by atoms with van der Waals surface area (Å²) in [5.74, 6) is 0.332. The maximum Gasteiger partial charge on any atom is 0.251 e. The largest absolute Gasteiger partial charge is 0.272 e. The molecule has 1 saturated heterocycles. The summed E-state index contributed by atoms with van der Waals surface area (Å²) in [6, 6.07) is 9.89. The molecule has 1 amide bonds. The molecule has 0 radical (unpaired) electrons. The average molecular weight is 219 g/mol. The molecule has 0 spiro atoms. The standard InChI is InChI=1S/C13H17NO2/c1-2-6-12-9-14(13(12)15)16-10-11-7-4-3-5-8-11/h3-5,7-8,12H,2,6,9-10H2,1H3/t12-/m1/s1. The van der Waals surface area contributed by atoms with Gasteiger partial charge in [-0.25, -0.2) is 5.06 Å². The molecule has 1 aliphatic rings. The molecule has 0 unspecified atom stereocenters. The molecule has 3 heteroatoms. The van der Waals surface area contributed by atoms with E-state index in [0.29, 0.717) is 6.61 Å². The number of hydroxylamine groups is 2. The highest BCUT2D eigenvalue weighted by Gasteiger charge is 2.36. The molecule has 0 saturated carbocycles. The van der Waals surface area contributed by atoms with Gasteiger partial charge in [0.2, 0.25) is 0 Å². The summed E-state index contributed by atoms with van der Waals surface area (Å²) in [5.41, 5.74) is 1.09. The summed E-state index contributed by atoms with van der Waals surface area (Å²) >= 11 is 0. The normalized spacial score (nSPS) is 19.7. The number of carbonyl (C=O) groups excluding carboxylic acids is 1. The second kappa shape index (κ2) is 5.12. The van der Waals surface area contributed by atoms with Crippen molar-refractivity contribution in [1.82, 2.24) is 5.06 Å². The molecular weight excluding hydrogens is 202 g/mol. The molecule has 1 fully saturated rings. The highest BCUT2D eigenvalue weighted by molar-refractivity contribution is 5.83. The molecule has 0 aromatic heterocycles. The van der Waals surface area contributed by atoms with Gasteiger partial charge in [-0.3, -0.25) is 9.63 Å². The van der Waals surface area contributed by atoms with Crippen molar-refractivity contribution in [2.24, 2.45) is 5.92 Å². The van der Waals surface area contributed by atoms with E-state index in [1.807, 2.05) is 30.3 Å². The Kier molecular flexibility index (Phi) is 3.57. The highest BCUT2D eigenvalue weighted by Crippen LogP contribution is 2.23. The Hall–Kier alpha value is -1.35. The molecule has 1 aliphatic heterocycles. The number of rotatable bonds is 5. The van der Waals surface area contributed by atoms with Crippen LogP contribution in [0.2, 0.25) is 0 Å². The summed E-state index contributed by atoms with van der Waals surface area (Å²) in [6.07, 6.45) is 2.03. The number of nitrogens with zero attached hydrogens (tertiary/aromatic N) is 1. The third-order valence-electron chi connectivity index (χ3n) is 2.85. The summed E-state index contributed by atoms with van der Waals surface area (Å²) in [7, 11) is 0. The first-order valence-electron chi connectivity index (χ1n) is 5.79. The minimum absolute atomic E-state index is 0.137. The van der Waals surface area contributed by atoms with E-state index in [-0.39, 0.29) is 11.8 Å². The van der Waals surface area contributed by atoms with Crippen molar-refractivity contribution in [3.8, 4) is 0 Å². The molecule has 86 valence electrons. The van der Waals surface area contributed by atoms with Crippen molar-refractivity contribution in [2.75, 3.05) is 6.54 Å². The molecule has 1 aromatic carbocycles. The van der Waals surface area contributed by atoms with Crippen LogP contribution in [0.3, 0.4) is 0 Å². The molecule has 1 atom stereocenters. The summed E-state index contributed by atoms with van der Waals surface area (Å²) in [4.78, 5) is 17.0. The first-order chi connectivity index (χ1) is 7.81. The van der Waals surface area contributed by atoms with Crippen LogP contribution in [0.4, 0.5) is 0 Å². The number of benzene rings is 1. The van der Waals surface area contributed by atoms with Crippen LogP contribution >= 0.6 is 0 Å². The Morgan fingerprint density at radius 2 is 2.12 bits per heavy atom. The van der Waals surface area contributed by atoms with Crippen molar-refractivity contribution in [3.63, 3.8) is 0 Å². The monoisotopic (exact) mass is 219 g/mol. The fourth-order valence-corrected chi connectivity index (χ4v) is 1.87. The minimum Gasteiger partial charge on any atom is -0.272 e. The lowest BCUT2D eigenvalue weighted by Gasteiger charge is -2.36. The van der Waals surface area contributed by atoms with Crippen molar-refractivity contribution < 1.29 is 9.63 Å². The van der Waals surface area contributed by atoms with E-state index in [0.717, 1.165) is 24.9 Å². The van der Waals surface area contributed by atoms with Crippen LogP contribution in [0.15, 0.2) is 30.3 Å². The molecule has 16 heavy (non-hydrogen) atoms. The second-order valence-electron chi connectivity index (χ2n) is 4.14. The molecule has 2 rings (SSSR count). The van der Waals surface area contributed by atoms with Crippen molar-refractivity contribution in [3.05, 3.63) is 35.9 Å². The van der Waals surface area contributed by atoms with Gasteiger partial charge in [0.1, 0.15) is 6.61 Å². The highest BCUT2D eigenvalue weighted by atomic mass is 16.7. The van der Waals surface area contributed by atoms with Crippen LogP contribution in [0.25, 0.3) is 0 Å². The predicted octanol–water partition coefficient (Wildman–Crippen LogP) is 2.38. The van der Waals surface area contributed by atoms with Crippen LogP contribution in [-0.2, 0) is 16.2 Å². The van der Waals surface area contributed by atoms with Crippen molar-refractivity contribution in [2.45, 2.75) is 26.4 Å². The molecule has 1 heterocycles. The van der Waals surface area contributed by atoms with Crippen LogP contribution < -0.4 is 0 Å². The van der Waals surface area contributed by atoms with Gasteiger partial charge in [0, 0.05) is 0 Å². The Bertz CT molecular complexity index is 350. The van der Waals surface area contributed by atoms with Crippen LogP contribution in [0.1, 0.15) is 25.3 Å². The fourth-order valence-electron chi connectivity index (χ4n) is 1.87. The van der Waals surface area contributed by atoms with Gasteiger partial charge >= 0.3 is 0 Å². The molecule has 0 bridgehead atoms. The molecule has 1 aromatic rings. The number of carbonyl (C=O) groups is 1. The summed E-state index contributed by atoms with van der Waals surface area (Å²) in [6.45, 7) is 3.33. The fraction of sp³-hybridized carbons (Fsp3) is 0.462. The zero-order chi connectivity index (χ0) is 11.4. The molecule has 3 nitrogen and oxygen atoms in total. The number of β-lactam (4-membered cyclic amide) rings is 1. The van der Waals surface area contributed by atoms with E-state index in [2.05, 4.69) is 6.92 Å². The van der Waals surface area contributed by atoms with E-state index in [1.165, 1.54) is 5.06 Å². The third kappa shape index (κ3) is 2.42. The van der Waals surface area contributed by atoms with Gasteiger partial charge in [-0.05, 0) is 12.0 Å². The summed E-state index contributed by atoms with van der Waals surface area (Å²) in [5, 5.41) is 1.48. The predicted molar refractivity (Wildman–Crippen MR) is 61.3 cm³/mol. The van der Waals surface area contributed by atoms with E-state index in [1.54, 1.807) is 0 Å². The van der Waals surface area contributed by atoms with Gasteiger partial charge in [0.25, 0.3) is 5.91 Å². The first kappa shape index (κ1) is 11.1. The van der Waals surface area contributed by atoms with Gasteiger partial charge in [-0.2, -0.15) is 0 Å². The Morgan fingerprint density at radius 3 is 2.75 bits per heavy atom. The molecule has 0 N–H and O–H groups in total. The van der Waals surface area contributed by atoms with Crippen molar-refractivity contribution in [1.29, 1.82) is 0 Å². The lowest BCUT2D eigenvalue weighted by molar-refractivity contribution is -0.226. The minimum atomic E-state index is 0.137. The number of hydrogen-bond acceptors (Lipinski definition) is 2. The Balaban J connectivity index is 1.75. The number of amides is 1. The number of hydrogen-bond donors (Lipinski definition) is 0. The SMILES string of the molecule is CCC[C@@H]1CN(OCc2ccccc2)C1=O. The molecular formula is C13H17NO2. The maximum atomic E-state index is 11.6.